The second-order valence-corrected chi connectivity index (χ2v) is 21.8. The molecule has 0 saturated carbocycles. The van der Waals surface area contributed by atoms with Crippen molar-refractivity contribution in [3.8, 4) is 0 Å². The molecule has 0 fully saturated rings. The third kappa shape index (κ3) is 5.82. The maximum absolute atomic E-state index is 5.01. The van der Waals surface area contributed by atoms with Crippen LogP contribution in [0.25, 0.3) is 43.4 Å². The summed E-state index contributed by atoms with van der Waals surface area (Å²) >= 11 is 0. The monoisotopic (exact) mass is 796 g/mol. The first-order chi connectivity index (χ1) is 29.0. The molecule has 0 radical (unpaired) electrons. The van der Waals surface area contributed by atoms with Gasteiger partial charge in [0, 0.05) is 0 Å². The van der Waals surface area contributed by atoms with Crippen molar-refractivity contribution in [1.82, 2.24) is 9.97 Å². The second-order valence-electron chi connectivity index (χ2n) is 15.8. The summed E-state index contributed by atoms with van der Waals surface area (Å²) in [7, 11) is 0.533. The number of hydrogen-bond acceptors (Lipinski definition) is 4. The minimum absolute atomic E-state index is 0.995. The van der Waals surface area contributed by atoms with Gasteiger partial charge in [-0.25, -0.2) is 0 Å². The molecule has 4 nitrogen and oxygen atoms in total. The van der Waals surface area contributed by atoms with Crippen molar-refractivity contribution in [1.29, 1.82) is 0 Å². The van der Waals surface area contributed by atoms with Crippen LogP contribution in [0, 0.1) is 0 Å². The van der Waals surface area contributed by atoms with E-state index in [9.17, 15) is 0 Å². The van der Waals surface area contributed by atoms with Crippen molar-refractivity contribution in [2.24, 2.45) is 0 Å². The van der Waals surface area contributed by atoms with E-state index in [4.69, 9.17) is 9.97 Å². The van der Waals surface area contributed by atoms with Gasteiger partial charge in [0.1, 0.15) is 0 Å². The van der Waals surface area contributed by atoms with Crippen LogP contribution < -0.4 is 41.6 Å². The summed E-state index contributed by atoms with van der Waals surface area (Å²) in [5.41, 5.74) is 6.79. The molecule has 3 heterocycles. The van der Waals surface area contributed by atoms with Crippen molar-refractivity contribution in [2.75, 3.05) is 30.6 Å². The van der Waals surface area contributed by atoms with Gasteiger partial charge in [-0.1, -0.05) is 0 Å². The first kappa shape index (κ1) is 35.7. The quantitative estimate of drug-likeness (QED) is 0.163. The summed E-state index contributed by atoms with van der Waals surface area (Å²) < 4.78 is 0. The van der Waals surface area contributed by atoms with Gasteiger partial charge < -0.3 is 0 Å². The van der Waals surface area contributed by atoms with Crippen LogP contribution in [0.5, 0.6) is 0 Å². The number of pyridine rings is 2. The summed E-state index contributed by atoms with van der Waals surface area (Å²) in [4.78, 5) is 15.0. The Bertz CT molecular complexity index is 3070. The van der Waals surface area contributed by atoms with Gasteiger partial charge in [0.2, 0.25) is 0 Å². The van der Waals surface area contributed by atoms with Crippen LogP contribution >= 0.6 is 15.2 Å². The Morgan fingerprint density at radius 3 is 1.44 bits per heavy atom. The van der Waals surface area contributed by atoms with Gasteiger partial charge in [0.15, 0.2) is 0 Å². The van der Waals surface area contributed by atoms with Crippen LogP contribution in [0.15, 0.2) is 194 Å². The van der Waals surface area contributed by atoms with E-state index < -0.39 is 15.2 Å². The number of fused-ring (bicyclic) bond motifs is 8. The fourth-order valence-electron chi connectivity index (χ4n) is 9.37. The fraction of sp³-hybridized carbons (Fsp3) is 0.0566. The number of hydrogen-bond donors (Lipinski definition) is 0. The molecule has 0 amide bonds. The predicted molar refractivity (Wildman–Crippen MR) is 259 cm³/mol. The Hall–Kier alpha value is -6.44. The van der Waals surface area contributed by atoms with Crippen molar-refractivity contribution in [3.63, 3.8) is 0 Å². The van der Waals surface area contributed by atoms with E-state index in [2.05, 4.69) is 206 Å². The van der Waals surface area contributed by atoms with Gasteiger partial charge >= 0.3 is 348 Å². The van der Waals surface area contributed by atoms with Crippen LogP contribution in [0.2, 0.25) is 0 Å². The molecule has 2 aromatic heterocycles. The summed E-state index contributed by atoms with van der Waals surface area (Å²) in [6.45, 7) is 2.56. The Balaban J connectivity index is 1.37. The third-order valence-electron chi connectivity index (χ3n) is 12.5. The van der Waals surface area contributed by atoms with Crippen LogP contribution in [-0.2, 0) is 0 Å². The molecule has 1 unspecified atom stereocenters. The van der Waals surface area contributed by atoms with Gasteiger partial charge in [-0.05, 0) is 0 Å². The summed E-state index contributed by atoms with van der Waals surface area (Å²) in [5, 5.41) is 15.1. The molecule has 1 atom stereocenters. The molecule has 59 heavy (non-hydrogen) atoms. The topological polar surface area (TPSA) is 32.3 Å². The van der Waals surface area contributed by atoms with Crippen LogP contribution in [0.4, 0.5) is 22.7 Å². The van der Waals surface area contributed by atoms with Crippen LogP contribution in [0.3, 0.4) is 0 Å². The number of nitrogens with zero attached hydrogens (tertiary/aromatic N) is 4. The molecule has 10 aromatic rings. The first-order valence-electron chi connectivity index (χ1n) is 20.2. The standard InChI is InChI=1S/C53H42N4P2/c1-56-46-28-36-16-10-12-18-38(36)32-50(46)58(42-22-6-4-7-23-42)51-34-44-40(20-14-26-54-44)30-47(51)57(2)49-31-41-21-15-27-55-45(41)35-53(49)59(3,43-24-8-5-9-25-43)52-33-39-19-13-11-17-37(39)29-48(52)56/h4-35,59H,1-3H3. The molecule has 6 heteroatoms. The fourth-order valence-corrected chi connectivity index (χ4v) is 16.2. The molecule has 0 bridgehead atoms. The second kappa shape index (κ2) is 14.1. The van der Waals surface area contributed by atoms with Crippen LogP contribution in [0.1, 0.15) is 0 Å². The van der Waals surface area contributed by atoms with Crippen LogP contribution in [-0.4, -0.2) is 30.7 Å². The molecule has 1 aliphatic heterocycles. The first-order valence-corrected chi connectivity index (χ1v) is 24.0. The van der Waals surface area contributed by atoms with E-state index in [0.29, 0.717) is 0 Å². The zero-order valence-corrected chi connectivity index (χ0v) is 35.1. The van der Waals surface area contributed by atoms with Crippen molar-refractivity contribution in [2.45, 2.75) is 0 Å². The Morgan fingerprint density at radius 1 is 0.407 bits per heavy atom. The van der Waals surface area contributed by atoms with Gasteiger partial charge in [-0.2, -0.15) is 0 Å². The number of rotatable bonds is 2. The zero-order chi connectivity index (χ0) is 39.7. The SMILES string of the molecule is CN1c2cc3ccccc3cc2P(c2ccccc2)c2cc3ncccc3cc2N(C)c2cc3cccnc3cc2[PH](C)(c2ccccc2)c2cc3ccccc3cc21. The molecular weight excluding hydrogens is 755 g/mol. The molecule has 0 aliphatic carbocycles. The van der Waals surface area contributed by atoms with Crippen molar-refractivity contribution >= 4 is 113 Å². The van der Waals surface area contributed by atoms with Crippen molar-refractivity contribution < 1.29 is 0 Å². The molecular formula is C53H42N4P2. The maximum atomic E-state index is 5.01. The van der Waals surface area contributed by atoms with Gasteiger partial charge in [0.05, 0.1) is 0 Å². The molecule has 0 saturated heterocycles. The molecule has 11 rings (SSSR count). The Labute approximate surface area is 346 Å². The van der Waals surface area contributed by atoms with E-state index in [0.717, 1.165) is 21.8 Å². The Morgan fingerprint density at radius 2 is 0.831 bits per heavy atom. The summed E-state index contributed by atoms with van der Waals surface area (Å²) in [5.74, 6) is 0. The average Bonchev–Trinajstić information content (AvgIpc) is 3.30. The molecule has 0 N–H and O–H groups in total. The van der Waals surface area contributed by atoms with E-state index in [1.807, 2.05) is 18.5 Å². The molecule has 0 spiro atoms. The van der Waals surface area contributed by atoms with Crippen molar-refractivity contribution in [3.05, 3.63) is 194 Å². The molecule has 8 aromatic carbocycles. The predicted octanol–water partition coefficient (Wildman–Crippen LogP) is 10.4. The summed E-state index contributed by atoms with van der Waals surface area (Å²) in [6.07, 6.45) is 3.84. The molecule has 1 aliphatic rings. The Kier molecular flexibility index (Phi) is 8.55. The van der Waals surface area contributed by atoms with E-state index >= 15 is 0 Å². The van der Waals surface area contributed by atoms with E-state index in [-0.39, 0.29) is 0 Å². The van der Waals surface area contributed by atoms with Gasteiger partial charge in [-0.15, -0.1) is 0 Å². The normalized spacial score (nSPS) is 15.5. The van der Waals surface area contributed by atoms with Gasteiger partial charge in [-0.3, -0.25) is 0 Å². The number of aromatic nitrogens is 2. The summed E-state index contributed by atoms with van der Waals surface area (Å²) in [6, 6.07) is 68.0. The zero-order valence-electron chi connectivity index (χ0n) is 33.2. The van der Waals surface area contributed by atoms with E-state index in [1.54, 1.807) is 0 Å². The average molecular weight is 797 g/mol. The molecule has 284 valence electrons. The minimum atomic E-state index is -2.91. The van der Waals surface area contributed by atoms with E-state index in [1.165, 1.54) is 76.1 Å². The third-order valence-corrected chi connectivity index (χ3v) is 19.4. The number of benzene rings is 8. The number of anilines is 4. The van der Waals surface area contributed by atoms with Gasteiger partial charge in [0.25, 0.3) is 0 Å².